The van der Waals surface area contributed by atoms with Crippen molar-refractivity contribution in [1.29, 1.82) is 0 Å². The number of benzene rings is 2. The summed E-state index contributed by atoms with van der Waals surface area (Å²) in [5.74, 6) is 0.482. The van der Waals surface area contributed by atoms with Gasteiger partial charge in [0.05, 0.1) is 7.11 Å². The van der Waals surface area contributed by atoms with Gasteiger partial charge in [-0.1, -0.05) is 48.9 Å². The molecule has 0 unspecified atom stereocenters. The van der Waals surface area contributed by atoms with Gasteiger partial charge < -0.3 is 19.7 Å². The van der Waals surface area contributed by atoms with E-state index in [9.17, 15) is 9.59 Å². The van der Waals surface area contributed by atoms with E-state index >= 15 is 0 Å². The van der Waals surface area contributed by atoms with Gasteiger partial charge >= 0.3 is 0 Å². The van der Waals surface area contributed by atoms with E-state index in [4.69, 9.17) is 21.1 Å². The lowest BCUT2D eigenvalue weighted by Crippen LogP contribution is -2.51. The third-order valence-electron chi connectivity index (χ3n) is 4.54. The zero-order valence-electron chi connectivity index (χ0n) is 17.9. The number of nitrogens with zero attached hydrogens (tertiary/aromatic N) is 1. The highest BCUT2D eigenvalue weighted by atomic mass is 35.5. The zero-order valence-corrected chi connectivity index (χ0v) is 18.6. The fourth-order valence-corrected chi connectivity index (χ4v) is 3.27. The molecule has 0 spiro atoms. The standard InChI is InChI=1S/C23H29ClN2O4/c1-5-19(23(28)25-16(2)3)26(14-17-10-6-7-11-18(17)24)22(27)15-30-21-13-9-8-12-20(21)29-4/h6-13,16,19H,5,14-15H2,1-4H3,(H,25,28)/t19-/m1/s1. The Kier molecular flexibility index (Phi) is 8.99. The second kappa shape index (κ2) is 11.5. The topological polar surface area (TPSA) is 67.9 Å². The first-order chi connectivity index (χ1) is 14.4. The Labute approximate surface area is 183 Å². The Hall–Kier alpha value is -2.73. The molecule has 2 aromatic carbocycles. The predicted octanol–water partition coefficient (Wildman–Crippen LogP) is 4.06. The fraction of sp³-hybridized carbons (Fsp3) is 0.391. The van der Waals surface area contributed by atoms with Gasteiger partial charge in [0, 0.05) is 17.6 Å². The Balaban J connectivity index is 2.25. The number of nitrogens with one attached hydrogen (secondary N) is 1. The lowest BCUT2D eigenvalue weighted by atomic mass is 10.1. The van der Waals surface area contributed by atoms with Crippen molar-refractivity contribution in [2.24, 2.45) is 0 Å². The van der Waals surface area contributed by atoms with Crippen LogP contribution in [0.3, 0.4) is 0 Å². The van der Waals surface area contributed by atoms with E-state index in [-0.39, 0.29) is 31.0 Å². The molecule has 30 heavy (non-hydrogen) atoms. The van der Waals surface area contributed by atoms with Crippen molar-refractivity contribution in [3.63, 3.8) is 0 Å². The number of carbonyl (C=O) groups is 2. The summed E-state index contributed by atoms with van der Waals surface area (Å²) in [7, 11) is 1.54. The molecule has 0 saturated heterocycles. The Morgan fingerprint density at radius 3 is 2.30 bits per heavy atom. The highest BCUT2D eigenvalue weighted by Crippen LogP contribution is 2.26. The molecule has 1 atom stereocenters. The van der Waals surface area contributed by atoms with Crippen LogP contribution in [-0.4, -0.2) is 42.5 Å². The average Bonchev–Trinajstić information content (AvgIpc) is 2.72. The van der Waals surface area contributed by atoms with Gasteiger partial charge in [0.1, 0.15) is 6.04 Å². The van der Waals surface area contributed by atoms with E-state index in [2.05, 4.69) is 5.32 Å². The second-order valence-corrected chi connectivity index (χ2v) is 7.55. The van der Waals surface area contributed by atoms with Crippen LogP contribution in [0, 0.1) is 0 Å². The summed E-state index contributed by atoms with van der Waals surface area (Å²) in [6, 6.07) is 13.7. The summed E-state index contributed by atoms with van der Waals surface area (Å²) in [5, 5.41) is 3.44. The normalized spacial score (nSPS) is 11.7. The van der Waals surface area contributed by atoms with Gasteiger partial charge in [0.2, 0.25) is 5.91 Å². The van der Waals surface area contributed by atoms with E-state index in [1.807, 2.05) is 45.0 Å². The van der Waals surface area contributed by atoms with Crippen molar-refractivity contribution in [3.8, 4) is 11.5 Å². The fourth-order valence-electron chi connectivity index (χ4n) is 3.07. The third kappa shape index (κ3) is 6.39. The van der Waals surface area contributed by atoms with Gasteiger partial charge in [-0.15, -0.1) is 0 Å². The maximum absolute atomic E-state index is 13.2. The molecular weight excluding hydrogens is 404 g/mol. The number of para-hydroxylation sites is 2. The monoisotopic (exact) mass is 432 g/mol. The van der Waals surface area contributed by atoms with Crippen molar-refractivity contribution in [2.45, 2.75) is 45.8 Å². The van der Waals surface area contributed by atoms with E-state index < -0.39 is 6.04 Å². The molecular formula is C23H29ClN2O4. The minimum Gasteiger partial charge on any atom is -0.493 e. The zero-order chi connectivity index (χ0) is 22.1. The smallest absolute Gasteiger partial charge is 0.261 e. The van der Waals surface area contributed by atoms with Gasteiger partial charge in [-0.05, 0) is 44.0 Å². The molecule has 0 aromatic heterocycles. The van der Waals surface area contributed by atoms with Crippen LogP contribution in [0.1, 0.15) is 32.8 Å². The van der Waals surface area contributed by atoms with Gasteiger partial charge in [0.15, 0.2) is 18.1 Å². The summed E-state index contributed by atoms with van der Waals surface area (Å²) in [5.41, 5.74) is 0.764. The molecule has 1 N–H and O–H groups in total. The lowest BCUT2D eigenvalue weighted by molar-refractivity contribution is -0.143. The number of amides is 2. The van der Waals surface area contributed by atoms with Gasteiger partial charge in [0.25, 0.3) is 5.91 Å². The summed E-state index contributed by atoms with van der Waals surface area (Å²) in [4.78, 5) is 27.5. The predicted molar refractivity (Wildman–Crippen MR) is 118 cm³/mol. The number of methoxy groups -OCH3 is 1. The molecule has 6 nitrogen and oxygen atoms in total. The first kappa shape index (κ1) is 23.5. The van der Waals surface area contributed by atoms with Crippen LogP contribution < -0.4 is 14.8 Å². The van der Waals surface area contributed by atoms with Crippen molar-refractivity contribution in [1.82, 2.24) is 10.2 Å². The third-order valence-corrected chi connectivity index (χ3v) is 4.90. The minimum atomic E-state index is -0.641. The van der Waals surface area contributed by atoms with Gasteiger partial charge in [-0.25, -0.2) is 0 Å². The summed E-state index contributed by atoms with van der Waals surface area (Å²) in [6.07, 6.45) is 0.462. The quantitative estimate of drug-likeness (QED) is 0.614. The van der Waals surface area contributed by atoms with Crippen LogP contribution in [0.15, 0.2) is 48.5 Å². The number of ether oxygens (including phenoxy) is 2. The Morgan fingerprint density at radius 1 is 1.07 bits per heavy atom. The van der Waals surface area contributed by atoms with Crippen molar-refractivity contribution < 1.29 is 19.1 Å². The van der Waals surface area contributed by atoms with Crippen LogP contribution in [0.5, 0.6) is 11.5 Å². The number of halogens is 1. The molecule has 0 fully saturated rings. The maximum Gasteiger partial charge on any atom is 0.261 e. The second-order valence-electron chi connectivity index (χ2n) is 7.14. The minimum absolute atomic E-state index is 0.0337. The Bertz CT molecular complexity index is 857. The van der Waals surface area contributed by atoms with Crippen LogP contribution in [0.2, 0.25) is 5.02 Å². The van der Waals surface area contributed by atoms with E-state index in [1.54, 1.807) is 24.3 Å². The SMILES string of the molecule is CC[C@H](C(=O)NC(C)C)N(Cc1ccccc1Cl)C(=O)COc1ccccc1OC. The molecule has 0 bridgehead atoms. The highest BCUT2D eigenvalue weighted by Gasteiger charge is 2.29. The van der Waals surface area contributed by atoms with Crippen LogP contribution in [0.4, 0.5) is 0 Å². The van der Waals surface area contributed by atoms with Crippen molar-refractivity contribution in [3.05, 3.63) is 59.1 Å². The molecule has 2 amide bonds. The molecule has 0 aliphatic heterocycles. The lowest BCUT2D eigenvalue weighted by Gasteiger charge is -2.31. The molecule has 0 radical (unpaired) electrons. The van der Waals surface area contributed by atoms with Gasteiger partial charge in [-0.3, -0.25) is 9.59 Å². The molecule has 162 valence electrons. The summed E-state index contributed by atoms with van der Waals surface area (Å²) in [6.45, 7) is 5.62. The first-order valence-corrected chi connectivity index (χ1v) is 10.3. The van der Waals surface area contributed by atoms with Crippen molar-refractivity contribution in [2.75, 3.05) is 13.7 Å². The molecule has 0 saturated carbocycles. The summed E-state index contributed by atoms with van der Waals surface area (Å²) < 4.78 is 11.0. The molecule has 0 heterocycles. The van der Waals surface area contributed by atoms with E-state index in [0.717, 1.165) is 5.56 Å². The maximum atomic E-state index is 13.2. The number of hydrogen-bond acceptors (Lipinski definition) is 4. The van der Waals surface area contributed by atoms with Gasteiger partial charge in [-0.2, -0.15) is 0 Å². The van der Waals surface area contributed by atoms with E-state index in [1.165, 1.54) is 12.0 Å². The largest absolute Gasteiger partial charge is 0.493 e. The summed E-state index contributed by atoms with van der Waals surface area (Å²) >= 11 is 6.31. The van der Waals surface area contributed by atoms with E-state index in [0.29, 0.717) is 22.9 Å². The number of carbonyl (C=O) groups excluding carboxylic acids is 2. The molecule has 2 rings (SSSR count). The Morgan fingerprint density at radius 2 is 1.70 bits per heavy atom. The van der Waals surface area contributed by atoms with Crippen molar-refractivity contribution >= 4 is 23.4 Å². The molecule has 0 aliphatic carbocycles. The molecule has 2 aromatic rings. The molecule has 7 heteroatoms. The number of hydrogen-bond donors (Lipinski definition) is 1. The van der Waals surface area contributed by atoms with Crippen LogP contribution in [0.25, 0.3) is 0 Å². The molecule has 0 aliphatic rings. The highest BCUT2D eigenvalue weighted by molar-refractivity contribution is 6.31. The van der Waals surface area contributed by atoms with Crippen LogP contribution in [-0.2, 0) is 16.1 Å². The first-order valence-electron chi connectivity index (χ1n) is 9.96. The average molecular weight is 433 g/mol. The van der Waals surface area contributed by atoms with Crippen LogP contribution >= 0.6 is 11.6 Å². The number of rotatable bonds is 10.